The minimum absolute atomic E-state index is 0.0604. The summed E-state index contributed by atoms with van der Waals surface area (Å²) < 4.78 is 25.7. The van der Waals surface area contributed by atoms with Crippen LogP contribution in [0.4, 0.5) is 15.0 Å². The number of ether oxygens (including phenoxy) is 2. The van der Waals surface area contributed by atoms with Gasteiger partial charge in [-0.25, -0.2) is 9.18 Å². The maximum atomic E-state index is 14.9. The fourth-order valence-electron chi connectivity index (χ4n) is 4.19. The Bertz CT molecular complexity index is 819. The Morgan fingerprint density at radius 1 is 1.16 bits per heavy atom. The van der Waals surface area contributed by atoms with Gasteiger partial charge in [0, 0.05) is 31.7 Å². The first kappa shape index (κ1) is 24.1. The van der Waals surface area contributed by atoms with Crippen LogP contribution >= 0.6 is 0 Å². The summed E-state index contributed by atoms with van der Waals surface area (Å²) in [5, 5.41) is 2.81. The molecule has 0 aliphatic carbocycles. The summed E-state index contributed by atoms with van der Waals surface area (Å²) in [4.78, 5) is 33.1. The largest absolute Gasteiger partial charge is 0.481 e. The molecule has 1 aromatic heterocycles. The molecule has 2 amide bonds. The summed E-state index contributed by atoms with van der Waals surface area (Å²) in [7, 11) is 1.49. The fraction of sp³-hybridized carbons (Fsp3) is 0.696. The molecule has 0 unspecified atom stereocenters. The van der Waals surface area contributed by atoms with Crippen LogP contribution in [0, 0.1) is 5.82 Å². The zero-order valence-electron chi connectivity index (χ0n) is 19.6. The van der Waals surface area contributed by atoms with Crippen molar-refractivity contribution in [2.24, 2.45) is 0 Å². The molecule has 2 fully saturated rings. The monoisotopic (exact) mass is 450 g/mol. The number of carbonyl (C=O) groups is 2. The van der Waals surface area contributed by atoms with Gasteiger partial charge in [-0.2, -0.15) is 4.98 Å². The second-order valence-electron chi connectivity index (χ2n) is 9.41. The molecular formula is C23H35FN4O4. The normalized spacial score (nSPS) is 19.5. The standard InChI is InChI=1S/C23H35FN4O4/c1-23(2,3)32-22(30)28-13-9-10-18(28)20(29)25-15-16-14-17(24)19(26-21(16)31-4)27-11-7-5-6-8-12-27/h14,18H,5-13,15H2,1-4H3,(H,25,29)/t18-/m0/s1. The van der Waals surface area contributed by atoms with Gasteiger partial charge in [0.1, 0.15) is 11.6 Å². The highest BCUT2D eigenvalue weighted by atomic mass is 19.1. The third-order valence-electron chi connectivity index (χ3n) is 5.73. The van der Waals surface area contributed by atoms with E-state index in [1.807, 2.05) is 4.90 Å². The summed E-state index contributed by atoms with van der Waals surface area (Å²) in [6.07, 6.45) is 5.08. The summed E-state index contributed by atoms with van der Waals surface area (Å²) in [5.41, 5.74) is -0.175. The van der Waals surface area contributed by atoms with E-state index in [2.05, 4.69) is 10.3 Å². The van der Waals surface area contributed by atoms with E-state index >= 15 is 0 Å². The van der Waals surface area contributed by atoms with Crippen LogP contribution in [0.25, 0.3) is 0 Å². The van der Waals surface area contributed by atoms with E-state index in [0.29, 0.717) is 30.2 Å². The molecule has 2 saturated heterocycles. The molecule has 3 heterocycles. The molecule has 0 saturated carbocycles. The van der Waals surface area contributed by atoms with Crippen LogP contribution in [0.15, 0.2) is 6.07 Å². The van der Waals surface area contributed by atoms with Gasteiger partial charge in [-0.15, -0.1) is 0 Å². The number of anilines is 1. The van der Waals surface area contributed by atoms with Gasteiger partial charge in [0.25, 0.3) is 0 Å². The number of rotatable bonds is 5. The Balaban J connectivity index is 1.67. The zero-order valence-corrected chi connectivity index (χ0v) is 19.6. The van der Waals surface area contributed by atoms with Crippen molar-refractivity contribution < 1.29 is 23.5 Å². The van der Waals surface area contributed by atoms with Crippen LogP contribution in [0.3, 0.4) is 0 Å². The van der Waals surface area contributed by atoms with Crippen LogP contribution in [-0.4, -0.2) is 60.3 Å². The second-order valence-corrected chi connectivity index (χ2v) is 9.41. The van der Waals surface area contributed by atoms with Crippen molar-refractivity contribution in [3.8, 4) is 5.88 Å². The summed E-state index contributed by atoms with van der Waals surface area (Å²) in [6.45, 7) is 7.44. The van der Waals surface area contributed by atoms with E-state index in [4.69, 9.17) is 9.47 Å². The van der Waals surface area contributed by atoms with E-state index < -0.39 is 23.6 Å². The van der Waals surface area contributed by atoms with Crippen molar-refractivity contribution >= 4 is 17.8 Å². The Morgan fingerprint density at radius 3 is 2.47 bits per heavy atom. The van der Waals surface area contributed by atoms with Crippen molar-refractivity contribution in [2.75, 3.05) is 31.6 Å². The van der Waals surface area contributed by atoms with Gasteiger partial charge < -0.3 is 19.7 Å². The molecule has 8 nitrogen and oxygen atoms in total. The average Bonchev–Trinajstić information content (AvgIpc) is 3.07. The van der Waals surface area contributed by atoms with E-state index in [-0.39, 0.29) is 12.5 Å². The maximum Gasteiger partial charge on any atom is 0.410 e. The molecule has 1 aromatic rings. The fourth-order valence-corrected chi connectivity index (χ4v) is 4.19. The number of methoxy groups -OCH3 is 1. The first-order valence-electron chi connectivity index (χ1n) is 11.5. The highest BCUT2D eigenvalue weighted by Gasteiger charge is 2.36. The Morgan fingerprint density at radius 2 is 1.84 bits per heavy atom. The molecule has 0 bridgehead atoms. The van der Waals surface area contributed by atoms with Crippen molar-refractivity contribution in [2.45, 2.75) is 77.5 Å². The third kappa shape index (κ3) is 6.01. The average molecular weight is 451 g/mol. The number of nitrogens with one attached hydrogen (secondary N) is 1. The summed E-state index contributed by atoms with van der Waals surface area (Å²) in [6, 6.07) is 0.775. The van der Waals surface area contributed by atoms with E-state index in [0.717, 1.165) is 45.2 Å². The lowest BCUT2D eigenvalue weighted by Gasteiger charge is -2.28. The molecule has 1 N–H and O–H groups in total. The number of nitrogens with zero attached hydrogens (tertiary/aromatic N) is 3. The minimum atomic E-state index is -0.633. The molecule has 0 radical (unpaired) electrons. The first-order chi connectivity index (χ1) is 15.2. The van der Waals surface area contributed by atoms with Crippen LogP contribution in [0.2, 0.25) is 0 Å². The Kier molecular flexibility index (Phi) is 7.79. The van der Waals surface area contributed by atoms with Gasteiger partial charge in [0.05, 0.1) is 7.11 Å². The number of halogens is 1. The Labute approximate surface area is 189 Å². The number of aromatic nitrogens is 1. The highest BCUT2D eigenvalue weighted by molar-refractivity contribution is 5.86. The molecule has 2 aliphatic heterocycles. The lowest BCUT2D eigenvalue weighted by molar-refractivity contribution is -0.125. The van der Waals surface area contributed by atoms with Crippen LogP contribution in [-0.2, 0) is 16.1 Å². The third-order valence-corrected chi connectivity index (χ3v) is 5.73. The van der Waals surface area contributed by atoms with Crippen molar-refractivity contribution in [3.63, 3.8) is 0 Å². The van der Waals surface area contributed by atoms with Crippen LogP contribution in [0.5, 0.6) is 5.88 Å². The molecule has 32 heavy (non-hydrogen) atoms. The minimum Gasteiger partial charge on any atom is -0.481 e. The van der Waals surface area contributed by atoms with Crippen molar-refractivity contribution in [3.05, 3.63) is 17.4 Å². The smallest absolute Gasteiger partial charge is 0.410 e. The molecule has 1 atom stereocenters. The van der Waals surface area contributed by atoms with Gasteiger partial charge in [-0.3, -0.25) is 9.69 Å². The number of hydrogen-bond acceptors (Lipinski definition) is 6. The lowest BCUT2D eigenvalue weighted by atomic mass is 10.2. The lowest BCUT2D eigenvalue weighted by Crippen LogP contribution is -2.47. The van der Waals surface area contributed by atoms with Gasteiger partial charge in [0.2, 0.25) is 11.8 Å². The number of hydrogen-bond donors (Lipinski definition) is 1. The van der Waals surface area contributed by atoms with Gasteiger partial charge in [-0.05, 0) is 52.5 Å². The predicted molar refractivity (Wildman–Crippen MR) is 119 cm³/mol. The SMILES string of the molecule is COc1nc(N2CCCCCC2)c(F)cc1CNC(=O)[C@@H]1CCCN1C(=O)OC(C)(C)C. The topological polar surface area (TPSA) is 84.0 Å². The quantitative estimate of drug-likeness (QED) is 0.738. The molecule has 0 spiro atoms. The number of carbonyl (C=O) groups excluding carboxylic acids is 2. The van der Waals surface area contributed by atoms with Crippen LogP contribution < -0.4 is 15.0 Å². The van der Waals surface area contributed by atoms with Crippen molar-refractivity contribution in [1.29, 1.82) is 0 Å². The number of likely N-dealkylation sites (tertiary alicyclic amines) is 1. The van der Waals surface area contributed by atoms with Gasteiger partial charge in [-0.1, -0.05) is 12.8 Å². The van der Waals surface area contributed by atoms with Crippen molar-refractivity contribution in [1.82, 2.24) is 15.2 Å². The summed E-state index contributed by atoms with van der Waals surface area (Å²) >= 11 is 0. The second kappa shape index (κ2) is 10.4. The molecular weight excluding hydrogens is 415 g/mol. The molecule has 3 rings (SSSR count). The zero-order chi connectivity index (χ0) is 23.3. The first-order valence-corrected chi connectivity index (χ1v) is 11.5. The maximum absolute atomic E-state index is 14.9. The molecule has 9 heteroatoms. The molecule has 0 aromatic carbocycles. The van der Waals surface area contributed by atoms with E-state index in [1.54, 1.807) is 20.8 Å². The van der Waals surface area contributed by atoms with Gasteiger partial charge in [0.15, 0.2) is 11.6 Å². The van der Waals surface area contributed by atoms with E-state index in [9.17, 15) is 14.0 Å². The Hall–Kier alpha value is -2.58. The summed E-state index contributed by atoms with van der Waals surface area (Å²) in [5.74, 6) is -0.132. The van der Waals surface area contributed by atoms with Crippen LogP contribution in [0.1, 0.15) is 64.9 Å². The van der Waals surface area contributed by atoms with E-state index in [1.165, 1.54) is 18.1 Å². The number of pyridine rings is 1. The molecule has 178 valence electrons. The predicted octanol–water partition coefficient (Wildman–Crippen LogP) is 3.63. The highest BCUT2D eigenvalue weighted by Crippen LogP contribution is 2.27. The van der Waals surface area contributed by atoms with Gasteiger partial charge >= 0.3 is 6.09 Å². The molecule has 2 aliphatic rings. The number of amides is 2.